The number of halogens is 1. The number of carbonyl (C=O) groups excluding carboxylic acids is 3. The summed E-state index contributed by atoms with van der Waals surface area (Å²) in [5.74, 6) is -1.12. The minimum Gasteiger partial charge on any atom is -0.368 e. The minimum atomic E-state index is -0.683. The van der Waals surface area contributed by atoms with Crippen molar-refractivity contribution in [3.8, 4) is 17.3 Å². The number of hydrogen-bond acceptors (Lipinski definition) is 8. The van der Waals surface area contributed by atoms with Gasteiger partial charge in [0.05, 0.1) is 18.3 Å². The van der Waals surface area contributed by atoms with E-state index in [1.807, 2.05) is 32.0 Å². The van der Waals surface area contributed by atoms with Crippen LogP contribution < -0.4 is 10.6 Å². The van der Waals surface area contributed by atoms with Gasteiger partial charge in [-0.05, 0) is 49.6 Å². The summed E-state index contributed by atoms with van der Waals surface area (Å²) in [6.07, 6.45) is 3.43. The van der Waals surface area contributed by atoms with Crippen LogP contribution in [-0.4, -0.2) is 54.5 Å². The molecular formula is C29H25FN8O3. The Morgan fingerprint density at radius 1 is 1.17 bits per heavy atom. The van der Waals surface area contributed by atoms with Crippen LogP contribution in [0.5, 0.6) is 0 Å². The van der Waals surface area contributed by atoms with Gasteiger partial charge in [0.25, 0.3) is 5.91 Å². The van der Waals surface area contributed by atoms with Gasteiger partial charge in [0, 0.05) is 41.7 Å². The maximum Gasteiger partial charge on any atom is 0.255 e. The first-order chi connectivity index (χ1) is 19.7. The van der Waals surface area contributed by atoms with Crippen molar-refractivity contribution in [1.29, 1.82) is 5.26 Å². The van der Waals surface area contributed by atoms with Gasteiger partial charge in [0.2, 0.25) is 11.8 Å². The van der Waals surface area contributed by atoms with Crippen LogP contribution in [0.25, 0.3) is 22.3 Å². The summed E-state index contributed by atoms with van der Waals surface area (Å²) >= 11 is 0. The van der Waals surface area contributed by atoms with Crippen LogP contribution in [0.15, 0.2) is 42.7 Å². The van der Waals surface area contributed by atoms with Gasteiger partial charge in [0.1, 0.15) is 23.6 Å². The molecule has 206 valence electrons. The van der Waals surface area contributed by atoms with Crippen molar-refractivity contribution in [3.05, 3.63) is 70.8 Å². The first kappa shape index (κ1) is 26.1. The molecule has 1 unspecified atom stereocenters. The third-order valence-corrected chi connectivity index (χ3v) is 7.19. The average molecular weight is 553 g/mol. The lowest BCUT2D eigenvalue weighted by Gasteiger charge is -2.29. The van der Waals surface area contributed by atoms with E-state index in [0.29, 0.717) is 40.9 Å². The predicted octanol–water partition coefficient (Wildman–Crippen LogP) is 3.13. The number of piperidine rings is 1. The fourth-order valence-corrected chi connectivity index (χ4v) is 5.33. The predicted molar refractivity (Wildman–Crippen MR) is 146 cm³/mol. The second kappa shape index (κ2) is 10.1. The third-order valence-electron chi connectivity index (χ3n) is 7.19. The zero-order chi connectivity index (χ0) is 28.8. The summed E-state index contributed by atoms with van der Waals surface area (Å²) in [7, 11) is 0. The molecule has 2 N–H and O–H groups in total. The van der Waals surface area contributed by atoms with Gasteiger partial charge in [-0.25, -0.2) is 14.1 Å². The van der Waals surface area contributed by atoms with Crippen molar-refractivity contribution < 1.29 is 18.8 Å². The fraction of sp³-hybridized carbons (Fsp3) is 0.276. The number of carbonyl (C=O) groups is 3. The van der Waals surface area contributed by atoms with Gasteiger partial charge in [-0.3, -0.25) is 24.7 Å². The molecule has 1 atom stereocenters. The number of hydrogen-bond donors (Lipinski definition) is 2. The molecule has 3 aromatic heterocycles. The van der Waals surface area contributed by atoms with E-state index >= 15 is 4.39 Å². The normalized spacial score (nSPS) is 16.7. The third kappa shape index (κ3) is 4.75. The Bertz CT molecular complexity index is 1790. The van der Waals surface area contributed by atoms with E-state index in [4.69, 9.17) is 10.2 Å². The molecule has 0 aliphatic carbocycles. The Balaban J connectivity index is 1.33. The van der Waals surface area contributed by atoms with Crippen molar-refractivity contribution in [2.24, 2.45) is 0 Å². The van der Waals surface area contributed by atoms with Crippen molar-refractivity contribution in [2.45, 2.75) is 51.9 Å². The Hall–Kier alpha value is -5.18. The lowest BCUT2D eigenvalue weighted by Crippen LogP contribution is -2.52. The van der Waals surface area contributed by atoms with Gasteiger partial charge < -0.3 is 10.2 Å². The Morgan fingerprint density at radius 2 is 2.00 bits per heavy atom. The first-order valence-corrected chi connectivity index (χ1v) is 13.2. The van der Waals surface area contributed by atoms with Gasteiger partial charge in [-0.15, -0.1) is 0 Å². The highest BCUT2D eigenvalue weighted by atomic mass is 19.1. The molecule has 11 nitrogen and oxygen atoms in total. The summed E-state index contributed by atoms with van der Waals surface area (Å²) < 4.78 is 16.7. The van der Waals surface area contributed by atoms with Gasteiger partial charge in [-0.2, -0.15) is 10.4 Å². The van der Waals surface area contributed by atoms with Gasteiger partial charge in [-0.1, -0.05) is 12.1 Å². The van der Waals surface area contributed by atoms with Crippen LogP contribution in [0.3, 0.4) is 0 Å². The quantitative estimate of drug-likeness (QED) is 0.347. The zero-order valence-corrected chi connectivity index (χ0v) is 22.3. The average Bonchev–Trinajstić information content (AvgIpc) is 3.48. The molecule has 1 aromatic carbocycles. The highest BCUT2D eigenvalue weighted by Crippen LogP contribution is 2.32. The molecule has 0 saturated carbocycles. The molecule has 0 radical (unpaired) electrons. The number of nitrogens with one attached hydrogen (secondary N) is 2. The Kier molecular flexibility index (Phi) is 6.42. The molecule has 1 fully saturated rings. The molecule has 12 heteroatoms. The summed E-state index contributed by atoms with van der Waals surface area (Å²) in [6.45, 7) is 4.52. The Labute approximate surface area is 234 Å². The van der Waals surface area contributed by atoms with Crippen LogP contribution >= 0.6 is 0 Å². The molecule has 0 spiro atoms. The number of fused-ring (bicyclic) bond motifs is 2. The van der Waals surface area contributed by atoms with Gasteiger partial charge in [0.15, 0.2) is 11.5 Å². The number of aromatic nitrogens is 4. The second-order valence-corrected chi connectivity index (χ2v) is 10.5. The van der Waals surface area contributed by atoms with Crippen molar-refractivity contribution in [2.75, 3.05) is 5.32 Å². The van der Waals surface area contributed by atoms with Crippen molar-refractivity contribution in [3.63, 3.8) is 0 Å². The molecule has 3 amide bonds. The van der Waals surface area contributed by atoms with E-state index in [9.17, 15) is 14.4 Å². The standard InChI is InChI=1S/C29H25FN8O3/c1-15(2)34-24-9-20(26-22(30)8-17(10-31)11-32-26)21-12-33-38(27(21)35-24)13-16-3-4-19-18(7-16)14-37(29(19)41)23-5-6-25(39)36-28(23)40/h3-4,7-9,11-12,15,23H,5-6,13-14H2,1-2H3,(H,34,35)(H,36,39,40). The number of amides is 3. The zero-order valence-electron chi connectivity index (χ0n) is 22.3. The SMILES string of the molecule is CC(C)Nc1cc(-c2ncc(C#N)cc2F)c2cnn(Cc3ccc4c(c3)CN(C3CCC(=O)NC3=O)C4=O)c2n1. The van der Waals surface area contributed by atoms with E-state index in [-0.39, 0.29) is 42.1 Å². The monoisotopic (exact) mass is 552 g/mol. The Morgan fingerprint density at radius 3 is 2.73 bits per heavy atom. The topological polar surface area (TPSA) is 146 Å². The number of nitrogens with zero attached hydrogens (tertiary/aromatic N) is 6. The lowest BCUT2D eigenvalue weighted by atomic mass is 10.0. The minimum absolute atomic E-state index is 0.0597. The van der Waals surface area contributed by atoms with Gasteiger partial charge >= 0.3 is 0 Å². The van der Waals surface area contributed by atoms with Crippen LogP contribution in [0.4, 0.5) is 10.2 Å². The van der Waals surface area contributed by atoms with E-state index < -0.39 is 17.8 Å². The molecule has 0 bridgehead atoms. The maximum atomic E-state index is 15.0. The van der Waals surface area contributed by atoms with Crippen LogP contribution in [0.2, 0.25) is 0 Å². The first-order valence-electron chi connectivity index (χ1n) is 13.2. The molecule has 4 aromatic rings. The summed E-state index contributed by atoms with van der Waals surface area (Å²) in [4.78, 5) is 47.5. The van der Waals surface area contributed by atoms with E-state index in [2.05, 4.69) is 20.7 Å². The van der Waals surface area contributed by atoms with E-state index in [0.717, 1.165) is 17.2 Å². The molecule has 5 heterocycles. The maximum absolute atomic E-state index is 15.0. The highest BCUT2D eigenvalue weighted by Gasteiger charge is 2.39. The number of rotatable bonds is 6. The number of nitriles is 1. The van der Waals surface area contributed by atoms with Crippen LogP contribution in [0.1, 0.15) is 53.7 Å². The van der Waals surface area contributed by atoms with Crippen molar-refractivity contribution >= 4 is 34.6 Å². The molecule has 2 aliphatic heterocycles. The fourth-order valence-electron chi connectivity index (χ4n) is 5.33. The number of pyridine rings is 2. The van der Waals surface area contributed by atoms with Crippen LogP contribution in [0, 0.1) is 17.1 Å². The van der Waals surface area contributed by atoms with Crippen LogP contribution in [-0.2, 0) is 22.7 Å². The lowest BCUT2D eigenvalue weighted by molar-refractivity contribution is -0.136. The van der Waals surface area contributed by atoms with Crippen molar-refractivity contribution in [1.82, 2.24) is 30.0 Å². The van der Waals surface area contributed by atoms with E-state index in [1.165, 1.54) is 11.1 Å². The number of anilines is 1. The smallest absolute Gasteiger partial charge is 0.255 e. The molecule has 1 saturated heterocycles. The van der Waals surface area contributed by atoms with E-state index in [1.54, 1.807) is 23.0 Å². The number of imide groups is 1. The summed E-state index contributed by atoms with van der Waals surface area (Å²) in [5, 5.41) is 19.8. The highest BCUT2D eigenvalue weighted by molar-refractivity contribution is 6.05. The largest absolute Gasteiger partial charge is 0.368 e. The molecular weight excluding hydrogens is 527 g/mol. The molecule has 41 heavy (non-hydrogen) atoms. The number of benzene rings is 1. The summed E-state index contributed by atoms with van der Waals surface area (Å²) in [6, 6.07) is 9.62. The summed E-state index contributed by atoms with van der Waals surface area (Å²) in [5.41, 5.74) is 3.39. The second-order valence-electron chi connectivity index (χ2n) is 10.5. The molecule has 6 rings (SSSR count). The molecule has 2 aliphatic rings.